The number of hydrogen-bond donors (Lipinski definition) is 1. The molecule has 1 atom stereocenters. The lowest BCUT2D eigenvalue weighted by Crippen LogP contribution is -2.51. The smallest absolute Gasteiger partial charge is 0.0863 e. The molecule has 1 aliphatic rings. The molecule has 1 N–H and O–H groups in total. The largest absolute Gasteiger partial charge is 0.376 e. The molecule has 0 aromatic carbocycles. The molecule has 1 aliphatic carbocycles. The first kappa shape index (κ1) is 13.7. The minimum Gasteiger partial charge on any atom is -0.376 e. The third-order valence-electron chi connectivity index (χ3n) is 4.12. The Morgan fingerprint density at radius 3 is 2.44 bits per heavy atom. The van der Waals surface area contributed by atoms with Crippen molar-refractivity contribution in [3.8, 4) is 0 Å². The van der Waals surface area contributed by atoms with E-state index < -0.39 is 0 Å². The highest BCUT2D eigenvalue weighted by atomic mass is 16.5. The molecule has 0 bridgehead atoms. The molecule has 0 spiro atoms. The zero-order chi connectivity index (χ0) is 12.0. The molecule has 0 saturated heterocycles. The summed E-state index contributed by atoms with van der Waals surface area (Å²) in [5.74, 6) is 0. The van der Waals surface area contributed by atoms with Gasteiger partial charge in [0.05, 0.1) is 11.6 Å². The standard InChI is InChI=1S/C14H27NO/c1-5-14(6-2,16-4)13(15-3)12-10-8-7-9-11-12/h10,13,15H,5-9,11H2,1-4H3. The summed E-state index contributed by atoms with van der Waals surface area (Å²) in [6, 6.07) is 0.382. The van der Waals surface area contributed by atoms with Gasteiger partial charge in [-0.2, -0.15) is 0 Å². The van der Waals surface area contributed by atoms with Crippen LogP contribution < -0.4 is 5.32 Å². The van der Waals surface area contributed by atoms with E-state index >= 15 is 0 Å². The summed E-state index contributed by atoms with van der Waals surface area (Å²) in [7, 11) is 3.90. The van der Waals surface area contributed by atoms with Gasteiger partial charge in [0.25, 0.3) is 0 Å². The Bertz CT molecular complexity index is 223. The molecule has 2 heteroatoms. The van der Waals surface area contributed by atoms with Crippen molar-refractivity contribution in [3.05, 3.63) is 11.6 Å². The molecule has 0 aliphatic heterocycles. The molecule has 0 heterocycles. The number of methoxy groups -OCH3 is 1. The first-order valence-corrected chi connectivity index (χ1v) is 6.65. The lowest BCUT2D eigenvalue weighted by atomic mass is 9.80. The second-order valence-corrected chi connectivity index (χ2v) is 4.72. The average molecular weight is 225 g/mol. The fourth-order valence-electron chi connectivity index (χ4n) is 2.98. The van der Waals surface area contributed by atoms with Crippen LogP contribution in [0.15, 0.2) is 11.6 Å². The van der Waals surface area contributed by atoms with Crippen LogP contribution in [-0.2, 0) is 4.74 Å². The van der Waals surface area contributed by atoms with Gasteiger partial charge in [-0.15, -0.1) is 0 Å². The molecule has 16 heavy (non-hydrogen) atoms. The summed E-state index contributed by atoms with van der Waals surface area (Å²) >= 11 is 0. The highest BCUT2D eigenvalue weighted by Crippen LogP contribution is 2.32. The van der Waals surface area contributed by atoms with Crippen molar-refractivity contribution in [2.24, 2.45) is 0 Å². The zero-order valence-corrected chi connectivity index (χ0v) is 11.3. The Hall–Kier alpha value is -0.340. The Balaban J connectivity index is 2.89. The van der Waals surface area contributed by atoms with E-state index in [2.05, 4.69) is 32.3 Å². The number of rotatable bonds is 6. The maximum Gasteiger partial charge on any atom is 0.0863 e. The fourth-order valence-corrected chi connectivity index (χ4v) is 2.98. The van der Waals surface area contributed by atoms with E-state index in [1.807, 2.05) is 7.11 Å². The second-order valence-electron chi connectivity index (χ2n) is 4.72. The van der Waals surface area contributed by atoms with Crippen molar-refractivity contribution < 1.29 is 4.74 Å². The van der Waals surface area contributed by atoms with Crippen LogP contribution in [0.25, 0.3) is 0 Å². The molecule has 1 unspecified atom stereocenters. The SMILES string of the molecule is CCC(CC)(OC)C(NC)C1=CCCCC1. The van der Waals surface area contributed by atoms with Crippen LogP contribution in [0.3, 0.4) is 0 Å². The van der Waals surface area contributed by atoms with Gasteiger partial charge in [-0.05, 0) is 45.6 Å². The van der Waals surface area contributed by atoms with Crippen LogP contribution >= 0.6 is 0 Å². The van der Waals surface area contributed by atoms with Gasteiger partial charge in [-0.25, -0.2) is 0 Å². The van der Waals surface area contributed by atoms with Crippen molar-refractivity contribution in [1.29, 1.82) is 0 Å². The van der Waals surface area contributed by atoms with E-state index in [1.165, 1.54) is 25.7 Å². The third kappa shape index (κ3) is 2.67. The van der Waals surface area contributed by atoms with Gasteiger partial charge in [0.2, 0.25) is 0 Å². The Morgan fingerprint density at radius 1 is 1.38 bits per heavy atom. The molecule has 0 radical (unpaired) electrons. The minimum absolute atomic E-state index is 0.0298. The first-order chi connectivity index (χ1) is 7.74. The third-order valence-corrected chi connectivity index (χ3v) is 4.12. The summed E-state index contributed by atoms with van der Waals surface area (Å²) in [6.07, 6.45) is 9.68. The Morgan fingerprint density at radius 2 is 2.06 bits per heavy atom. The minimum atomic E-state index is -0.0298. The maximum absolute atomic E-state index is 5.84. The number of likely N-dealkylation sites (N-methyl/N-ethyl adjacent to an activating group) is 1. The van der Waals surface area contributed by atoms with E-state index in [1.54, 1.807) is 5.57 Å². The lowest BCUT2D eigenvalue weighted by molar-refractivity contribution is -0.0372. The first-order valence-electron chi connectivity index (χ1n) is 6.65. The van der Waals surface area contributed by atoms with Gasteiger partial charge < -0.3 is 10.1 Å². The summed E-state index contributed by atoms with van der Waals surface area (Å²) in [4.78, 5) is 0. The predicted octanol–water partition coefficient (Wildman–Crippen LogP) is 3.28. The van der Waals surface area contributed by atoms with E-state index in [9.17, 15) is 0 Å². The molecule has 1 rings (SSSR count). The van der Waals surface area contributed by atoms with Crippen LogP contribution in [0, 0.1) is 0 Å². The monoisotopic (exact) mass is 225 g/mol. The van der Waals surface area contributed by atoms with E-state index in [-0.39, 0.29) is 5.60 Å². The molecule has 0 amide bonds. The van der Waals surface area contributed by atoms with Crippen molar-refractivity contribution in [1.82, 2.24) is 5.32 Å². The highest BCUT2D eigenvalue weighted by Gasteiger charge is 2.37. The Labute approximate surface area is 100 Å². The van der Waals surface area contributed by atoms with Gasteiger partial charge in [0.15, 0.2) is 0 Å². The fraction of sp³-hybridized carbons (Fsp3) is 0.857. The van der Waals surface area contributed by atoms with Crippen LogP contribution in [0.5, 0.6) is 0 Å². The van der Waals surface area contributed by atoms with E-state index in [0.29, 0.717) is 6.04 Å². The average Bonchev–Trinajstić information content (AvgIpc) is 2.37. The maximum atomic E-state index is 5.84. The normalized spacial score (nSPS) is 19.4. The van der Waals surface area contributed by atoms with Crippen molar-refractivity contribution >= 4 is 0 Å². The van der Waals surface area contributed by atoms with Crippen LogP contribution in [-0.4, -0.2) is 25.8 Å². The van der Waals surface area contributed by atoms with Gasteiger partial charge in [0, 0.05) is 7.11 Å². The summed E-state index contributed by atoms with van der Waals surface area (Å²) in [5.41, 5.74) is 1.53. The molecule has 0 aromatic rings. The number of hydrogen-bond acceptors (Lipinski definition) is 2. The predicted molar refractivity (Wildman–Crippen MR) is 69.7 cm³/mol. The topological polar surface area (TPSA) is 21.3 Å². The molecular formula is C14H27NO. The summed E-state index contributed by atoms with van der Waals surface area (Å²) < 4.78 is 5.84. The lowest BCUT2D eigenvalue weighted by Gasteiger charge is -2.40. The molecule has 2 nitrogen and oxygen atoms in total. The number of allylic oxidation sites excluding steroid dienone is 1. The molecular weight excluding hydrogens is 198 g/mol. The molecule has 94 valence electrons. The van der Waals surface area contributed by atoms with Crippen LogP contribution in [0.1, 0.15) is 52.4 Å². The highest BCUT2D eigenvalue weighted by molar-refractivity contribution is 5.19. The van der Waals surface area contributed by atoms with Gasteiger partial charge >= 0.3 is 0 Å². The zero-order valence-electron chi connectivity index (χ0n) is 11.3. The van der Waals surface area contributed by atoms with Gasteiger partial charge in [-0.1, -0.05) is 25.5 Å². The van der Waals surface area contributed by atoms with Crippen molar-refractivity contribution in [2.75, 3.05) is 14.2 Å². The van der Waals surface area contributed by atoms with E-state index in [0.717, 1.165) is 12.8 Å². The van der Waals surface area contributed by atoms with Crippen LogP contribution in [0.4, 0.5) is 0 Å². The van der Waals surface area contributed by atoms with E-state index in [4.69, 9.17) is 4.74 Å². The van der Waals surface area contributed by atoms with Gasteiger partial charge in [0.1, 0.15) is 0 Å². The molecule has 0 aromatic heterocycles. The van der Waals surface area contributed by atoms with Crippen molar-refractivity contribution in [3.63, 3.8) is 0 Å². The quantitative estimate of drug-likeness (QED) is 0.700. The second kappa shape index (κ2) is 6.41. The van der Waals surface area contributed by atoms with Crippen LogP contribution in [0.2, 0.25) is 0 Å². The molecule has 0 saturated carbocycles. The number of ether oxygens (including phenoxy) is 1. The summed E-state index contributed by atoms with van der Waals surface area (Å²) in [6.45, 7) is 4.45. The molecule has 0 fully saturated rings. The van der Waals surface area contributed by atoms with Crippen molar-refractivity contribution in [2.45, 2.75) is 64.0 Å². The Kier molecular flexibility index (Phi) is 5.50. The summed E-state index contributed by atoms with van der Waals surface area (Å²) in [5, 5.41) is 3.47. The van der Waals surface area contributed by atoms with Gasteiger partial charge in [-0.3, -0.25) is 0 Å². The number of nitrogens with one attached hydrogen (secondary N) is 1.